The lowest BCUT2D eigenvalue weighted by Crippen LogP contribution is -2.11. The second-order valence-electron chi connectivity index (χ2n) is 4.74. The van der Waals surface area contributed by atoms with E-state index in [4.69, 9.17) is 46.4 Å². The third-order valence-corrected chi connectivity index (χ3v) is 4.47. The van der Waals surface area contributed by atoms with E-state index in [-0.39, 0.29) is 27.0 Å². The fourth-order valence-corrected chi connectivity index (χ4v) is 3.19. The smallest absolute Gasteiger partial charge is 0.258 e. The molecule has 0 spiro atoms. The van der Waals surface area contributed by atoms with Crippen molar-refractivity contribution in [2.75, 3.05) is 0 Å². The van der Waals surface area contributed by atoms with E-state index < -0.39 is 20.6 Å². The van der Waals surface area contributed by atoms with Gasteiger partial charge in [-0.2, -0.15) is 0 Å². The molecule has 2 aromatic carbocycles. The van der Waals surface area contributed by atoms with Crippen molar-refractivity contribution in [2.45, 2.75) is 10.8 Å². The summed E-state index contributed by atoms with van der Waals surface area (Å²) in [5.74, 6) is -0.809. The van der Waals surface area contributed by atoms with Crippen molar-refractivity contribution in [2.24, 2.45) is 0 Å². The fraction of sp³-hybridized carbons (Fsp3) is 0.143. The van der Waals surface area contributed by atoms with Gasteiger partial charge in [0.25, 0.3) is 11.4 Å². The van der Waals surface area contributed by atoms with Crippen LogP contribution in [0.25, 0.3) is 0 Å². The SMILES string of the molecule is O=[N+]([O-])c1ccc(Cl)c([C@@H](c2ccc(Cl)c([N+](=O)[O-])c2)C(Cl)Cl)c1. The van der Waals surface area contributed by atoms with E-state index in [0.717, 1.165) is 0 Å². The highest BCUT2D eigenvalue weighted by molar-refractivity contribution is 6.45. The quantitative estimate of drug-likeness (QED) is 0.357. The number of halogens is 4. The molecule has 0 bridgehead atoms. The molecule has 0 heterocycles. The van der Waals surface area contributed by atoms with E-state index in [2.05, 4.69) is 0 Å². The summed E-state index contributed by atoms with van der Waals surface area (Å²) in [6.07, 6.45) is 0. The van der Waals surface area contributed by atoms with Crippen LogP contribution in [0.1, 0.15) is 17.0 Å². The Balaban J connectivity index is 2.63. The van der Waals surface area contributed by atoms with Gasteiger partial charge in [-0.25, -0.2) is 0 Å². The predicted octanol–water partition coefficient (Wildman–Crippen LogP) is 5.75. The maximum Gasteiger partial charge on any atom is 0.288 e. The van der Waals surface area contributed by atoms with Gasteiger partial charge in [-0.3, -0.25) is 20.2 Å². The largest absolute Gasteiger partial charge is 0.288 e. The lowest BCUT2D eigenvalue weighted by atomic mass is 9.92. The van der Waals surface area contributed by atoms with Crippen molar-refractivity contribution in [3.05, 3.63) is 77.8 Å². The third kappa shape index (κ3) is 3.89. The van der Waals surface area contributed by atoms with E-state index in [1.165, 1.54) is 36.4 Å². The average Bonchev–Trinajstić information content (AvgIpc) is 2.50. The zero-order chi connectivity index (χ0) is 18.0. The Kier molecular flexibility index (Phi) is 5.87. The van der Waals surface area contributed by atoms with Crippen LogP contribution in [0.4, 0.5) is 11.4 Å². The van der Waals surface area contributed by atoms with E-state index in [0.29, 0.717) is 5.56 Å². The Labute approximate surface area is 156 Å². The van der Waals surface area contributed by atoms with E-state index in [9.17, 15) is 20.2 Å². The monoisotopic (exact) mass is 408 g/mol. The van der Waals surface area contributed by atoms with Gasteiger partial charge in [0.1, 0.15) is 9.86 Å². The molecule has 0 aromatic heterocycles. The van der Waals surface area contributed by atoms with Crippen LogP contribution in [0.3, 0.4) is 0 Å². The molecule has 0 aliphatic carbocycles. The first kappa shape index (κ1) is 18.7. The fourth-order valence-electron chi connectivity index (χ4n) is 2.21. The molecular formula is C14H8Cl4N2O4. The number of hydrogen-bond acceptors (Lipinski definition) is 4. The minimum Gasteiger partial charge on any atom is -0.258 e. The summed E-state index contributed by atoms with van der Waals surface area (Å²) in [6, 6.07) is 7.90. The van der Waals surface area contributed by atoms with Gasteiger partial charge in [0.2, 0.25) is 0 Å². The van der Waals surface area contributed by atoms with Crippen LogP contribution in [0.2, 0.25) is 10.0 Å². The van der Waals surface area contributed by atoms with Crippen LogP contribution >= 0.6 is 46.4 Å². The molecule has 0 N–H and O–H groups in total. The maximum absolute atomic E-state index is 11.1. The van der Waals surface area contributed by atoms with Gasteiger partial charge in [0, 0.05) is 29.1 Å². The van der Waals surface area contributed by atoms with Gasteiger partial charge in [0.05, 0.1) is 9.85 Å². The molecule has 0 radical (unpaired) electrons. The topological polar surface area (TPSA) is 86.3 Å². The Morgan fingerprint density at radius 1 is 0.875 bits per heavy atom. The summed E-state index contributed by atoms with van der Waals surface area (Å²) in [7, 11) is 0. The molecule has 0 aliphatic rings. The van der Waals surface area contributed by atoms with Crippen molar-refractivity contribution in [3.8, 4) is 0 Å². The summed E-state index contributed by atoms with van der Waals surface area (Å²) in [5, 5.41) is 22.2. The number of non-ortho nitro benzene ring substituents is 1. The zero-order valence-corrected chi connectivity index (χ0v) is 14.7. The number of benzene rings is 2. The molecule has 1 atom stereocenters. The van der Waals surface area contributed by atoms with Crippen molar-refractivity contribution in [3.63, 3.8) is 0 Å². The van der Waals surface area contributed by atoms with Crippen molar-refractivity contribution >= 4 is 57.8 Å². The van der Waals surface area contributed by atoms with Crippen LogP contribution in [-0.2, 0) is 0 Å². The molecule has 6 nitrogen and oxygen atoms in total. The molecule has 10 heteroatoms. The summed E-state index contributed by atoms with van der Waals surface area (Å²) < 4.78 is 0. The van der Waals surface area contributed by atoms with E-state index in [1.54, 1.807) is 0 Å². The first-order valence-electron chi connectivity index (χ1n) is 6.38. The molecule has 0 saturated heterocycles. The summed E-state index contributed by atoms with van der Waals surface area (Å²) >= 11 is 24.0. The number of hydrogen-bond donors (Lipinski definition) is 0. The van der Waals surface area contributed by atoms with Crippen molar-refractivity contribution < 1.29 is 9.85 Å². The number of rotatable bonds is 5. The number of alkyl halides is 2. The Morgan fingerprint density at radius 2 is 1.50 bits per heavy atom. The third-order valence-electron chi connectivity index (χ3n) is 3.30. The zero-order valence-electron chi connectivity index (χ0n) is 11.7. The molecule has 0 saturated carbocycles. The number of nitrogens with zero attached hydrogens (tertiary/aromatic N) is 2. The highest BCUT2D eigenvalue weighted by atomic mass is 35.5. The highest BCUT2D eigenvalue weighted by Gasteiger charge is 2.28. The lowest BCUT2D eigenvalue weighted by Gasteiger charge is -2.20. The summed E-state index contributed by atoms with van der Waals surface area (Å²) in [6.45, 7) is 0. The van der Waals surface area contributed by atoms with Gasteiger partial charge in [-0.05, 0) is 23.3 Å². The van der Waals surface area contributed by atoms with Crippen LogP contribution < -0.4 is 0 Å². The van der Waals surface area contributed by atoms with Crippen LogP contribution in [-0.4, -0.2) is 14.7 Å². The van der Waals surface area contributed by atoms with Crippen LogP contribution in [0.15, 0.2) is 36.4 Å². The normalized spacial score (nSPS) is 12.2. The van der Waals surface area contributed by atoms with Gasteiger partial charge >= 0.3 is 0 Å². The summed E-state index contributed by atoms with van der Waals surface area (Å²) in [4.78, 5) is 19.7. The van der Waals surface area contributed by atoms with Gasteiger partial charge < -0.3 is 0 Å². The average molecular weight is 410 g/mol. The second-order valence-corrected chi connectivity index (χ2v) is 6.72. The minimum absolute atomic E-state index is 0.0478. The number of nitro groups is 2. The van der Waals surface area contributed by atoms with Crippen LogP contribution in [0, 0.1) is 20.2 Å². The van der Waals surface area contributed by atoms with Gasteiger partial charge in [-0.15, -0.1) is 23.2 Å². The molecular weight excluding hydrogens is 402 g/mol. The Hall–Kier alpha value is -1.60. The molecule has 2 aromatic rings. The summed E-state index contributed by atoms with van der Waals surface area (Å²) in [5.41, 5.74) is 0.132. The molecule has 0 aliphatic heterocycles. The van der Waals surface area contributed by atoms with Gasteiger partial charge in [-0.1, -0.05) is 29.3 Å². The minimum atomic E-state index is -1.05. The van der Waals surface area contributed by atoms with Crippen molar-refractivity contribution in [1.82, 2.24) is 0 Å². The molecule has 126 valence electrons. The van der Waals surface area contributed by atoms with Crippen LogP contribution in [0.5, 0.6) is 0 Å². The second kappa shape index (κ2) is 7.53. The maximum atomic E-state index is 11.1. The molecule has 0 fully saturated rings. The first-order chi connectivity index (χ1) is 11.2. The van der Waals surface area contributed by atoms with Crippen molar-refractivity contribution in [1.29, 1.82) is 0 Å². The standard InChI is InChI=1S/C14H8Cl4N2O4/c15-10-4-2-8(19(21)22)6-9(10)13(14(17)18)7-1-3-11(16)12(5-7)20(23)24/h1-6,13-14H/t13-/m1/s1. The first-order valence-corrected chi connectivity index (χ1v) is 8.01. The molecule has 0 unspecified atom stereocenters. The molecule has 0 amide bonds. The highest BCUT2D eigenvalue weighted by Crippen LogP contribution is 2.40. The Morgan fingerprint density at radius 3 is 2.04 bits per heavy atom. The molecule has 2 rings (SSSR count). The molecule has 24 heavy (non-hydrogen) atoms. The lowest BCUT2D eigenvalue weighted by molar-refractivity contribution is -0.385. The number of nitro benzene ring substituents is 2. The Bertz CT molecular complexity index is 813. The van der Waals surface area contributed by atoms with E-state index >= 15 is 0 Å². The van der Waals surface area contributed by atoms with E-state index in [1.807, 2.05) is 0 Å². The predicted molar refractivity (Wildman–Crippen MR) is 93.5 cm³/mol. The van der Waals surface area contributed by atoms with Gasteiger partial charge in [0.15, 0.2) is 0 Å².